The summed E-state index contributed by atoms with van der Waals surface area (Å²) in [4.78, 5) is 17.8. The summed E-state index contributed by atoms with van der Waals surface area (Å²) in [7, 11) is 0. The summed E-state index contributed by atoms with van der Waals surface area (Å²) in [6.07, 6.45) is 2.59. The first-order valence-electron chi connectivity index (χ1n) is 6.95. The number of amides is 1. The van der Waals surface area contributed by atoms with Crippen LogP contribution in [0.15, 0.2) is 42.6 Å². The van der Waals surface area contributed by atoms with Gasteiger partial charge in [0.05, 0.1) is 0 Å². The molecule has 5 heteroatoms. The fraction of sp³-hybridized carbons (Fsp3) is 0.250. The number of nitrogen functional groups attached to an aromatic ring is 1. The van der Waals surface area contributed by atoms with Crippen molar-refractivity contribution in [3.8, 4) is 0 Å². The molecule has 0 atom stereocenters. The number of benzene rings is 1. The van der Waals surface area contributed by atoms with Gasteiger partial charge >= 0.3 is 0 Å². The average molecular weight is 284 g/mol. The van der Waals surface area contributed by atoms with Crippen molar-refractivity contribution in [2.45, 2.75) is 19.9 Å². The number of carbonyl (C=O) groups is 1. The van der Waals surface area contributed by atoms with E-state index in [4.69, 9.17) is 11.5 Å². The van der Waals surface area contributed by atoms with E-state index in [1.54, 1.807) is 18.3 Å². The fourth-order valence-corrected chi connectivity index (χ4v) is 2.20. The molecule has 1 heterocycles. The Morgan fingerprint density at radius 1 is 1.29 bits per heavy atom. The van der Waals surface area contributed by atoms with Gasteiger partial charge in [0.2, 0.25) is 5.91 Å². The zero-order valence-electron chi connectivity index (χ0n) is 12.1. The van der Waals surface area contributed by atoms with Crippen LogP contribution in [0.2, 0.25) is 0 Å². The molecule has 1 amide bonds. The van der Waals surface area contributed by atoms with Crippen LogP contribution < -0.4 is 16.4 Å². The third kappa shape index (κ3) is 3.95. The van der Waals surface area contributed by atoms with E-state index in [9.17, 15) is 4.79 Å². The van der Waals surface area contributed by atoms with E-state index < -0.39 is 5.91 Å². The number of primary amides is 1. The third-order valence-corrected chi connectivity index (χ3v) is 3.17. The van der Waals surface area contributed by atoms with Gasteiger partial charge in [-0.2, -0.15) is 0 Å². The molecule has 2 aromatic rings. The zero-order chi connectivity index (χ0) is 15.2. The van der Waals surface area contributed by atoms with Gasteiger partial charge in [0.15, 0.2) is 0 Å². The molecule has 1 aromatic carbocycles. The van der Waals surface area contributed by atoms with Crippen molar-refractivity contribution in [3.63, 3.8) is 0 Å². The van der Waals surface area contributed by atoms with Crippen molar-refractivity contribution >= 4 is 17.4 Å². The molecule has 0 unspecified atom stereocenters. The highest BCUT2D eigenvalue weighted by atomic mass is 16.1. The highest BCUT2D eigenvalue weighted by molar-refractivity contribution is 5.93. The van der Waals surface area contributed by atoms with Gasteiger partial charge in [0.1, 0.15) is 5.82 Å². The Balaban J connectivity index is 2.26. The second-order valence-electron chi connectivity index (χ2n) is 4.93. The molecule has 4 N–H and O–H groups in total. The van der Waals surface area contributed by atoms with E-state index >= 15 is 0 Å². The van der Waals surface area contributed by atoms with Crippen molar-refractivity contribution in [1.82, 2.24) is 4.98 Å². The lowest BCUT2D eigenvalue weighted by molar-refractivity contribution is 0.1000. The molecule has 0 bridgehead atoms. The number of anilines is 2. The van der Waals surface area contributed by atoms with Crippen LogP contribution in [0.4, 0.5) is 11.5 Å². The van der Waals surface area contributed by atoms with Crippen LogP contribution >= 0.6 is 0 Å². The first-order valence-corrected chi connectivity index (χ1v) is 6.95. The summed E-state index contributed by atoms with van der Waals surface area (Å²) < 4.78 is 0. The Bertz CT molecular complexity index is 627. The molecule has 2 rings (SSSR count). The Morgan fingerprint density at radius 2 is 2.10 bits per heavy atom. The van der Waals surface area contributed by atoms with Crippen LogP contribution in [0.5, 0.6) is 0 Å². The van der Waals surface area contributed by atoms with Crippen LogP contribution in [-0.2, 0) is 6.54 Å². The second-order valence-corrected chi connectivity index (χ2v) is 4.93. The van der Waals surface area contributed by atoms with Crippen LogP contribution in [0, 0.1) is 0 Å². The minimum absolute atomic E-state index is 0.445. The molecule has 0 aliphatic carbocycles. The number of rotatable bonds is 6. The van der Waals surface area contributed by atoms with Gasteiger partial charge in [-0.1, -0.05) is 19.1 Å². The number of nitrogens with zero attached hydrogens (tertiary/aromatic N) is 2. The molecule has 110 valence electrons. The molecule has 0 spiro atoms. The second kappa shape index (κ2) is 6.74. The lowest BCUT2D eigenvalue weighted by atomic mass is 10.1. The lowest BCUT2D eigenvalue weighted by Crippen LogP contribution is -2.25. The Morgan fingerprint density at radius 3 is 2.76 bits per heavy atom. The molecule has 0 radical (unpaired) electrons. The fourth-order valence-electron chi connectivity index (χ4n) is 2.20. The SMILES string of the molecule is CCCN(Cc1cccc(N)c1)c1cc(C(N)=O)ccn1. The molecule has 0 saturated heterocycles. The zero-order valence-corrected chi connectivity index (χ0v) is 12.1. The summed E-state index contributed by atoms with van der Waals surface area (Å²) in [6.45, 7) is 3.63. The van der Waals surface area contributed by atoms with Gasteiger partial charge in [-0.15, -0.1) is 0 Å². The van der Waals surface area contributed by atoms with E-state index in [2.05, 4.69) is 16.8 Å². The number of aromatic nitrogens is 1. The molecule has 0 aliphatic heterocycles. The largest absolute Gasteiger partial charge is 0.399 e. The Hall–Kier alpha value is -2.56. The van der Waals surface area contributed by atoms with Gasteiger partial charge in [-0.3, -0.25) is 4.79 Å². The molecule has 0 aliphatic rings. The van der Waals surface area contributed by atoms with Gasteiger partial charge in [-0.25, -0.2) is 4.98 Å². The van der Waals surface area contributed by atoms with Crippen molar-refractivity contribution in [2.24, 2.45) is 5.73 Å². The maximum atomic E-state index is 11.3. The Kier molecular flexibility index (Phi) is 4.77. The van der Waals surface area contributed by atoms with Gasteiger partial charge in [0, 0.05) is 30.5 Å². The third-order valence-electron chi connectivity index (χ3n) is 3.17. The van der Waals surface area contributed by atoms with Crippen LogP contribution in [0.3, 0.4) is 0 Å². The van der Waals surface area contributed by atoms with Crippen LogP contribution in [-0.4, -0.2) is 17.4 Å². The number of pyridine rings is 1. The average Bonchev–Trinajstić information content (AvgIpc) is 2.47. The van der Waals surface area contributed by atoms with Crippen LogP contribution in [0.1, 0.15) is 29.3 Å². The van der Waals surface area contributed by atoms with E-state index in [1.165, 1.54) is 0 Å². The van der Waals surface area contributed by atoms with Gasteiger partial charge < -0.3 is 16.4 Å². The minimum Gasteiger partial charge on any atom is -0.399 e. The minimum atomic E-state index is -0.445. The molecular formula is C16H20N4O. The van der Waals surface area contributed by atoms with Gasteiger partial charge in [-0.05, 0) is 36.2 Å². The van der Waals surface area contributed by atoms with Crippen molar-refractivity contribution < 1.29 is 4.79 Å². The molecule has 0 saturated carbocycles. The highest BCUT2D eigenvalue weighted by Crippen LogP contribution is 2.17. The quantitative estimate of drug-likeness (QED) is 0.796. The summed E-state index contributed by atoms with van der Waals surface area (Å²) in [5, 5.41) is 0. The van der Waals surface area contributed by atoms with E-state index in [-0.39, 0.29) is 0 Å². The normalized spacial score (nSPS) is 10.3. The number of hydrogen-bond donors (Lipinski definition) is 2. The van der Waals surface area contributed by atoms with E-state index in [0.29, 0.717) is 12.1 Å². The topological polar surface area (TPSA) is 85.2 Å². The molecule has 21 heavy (non-hydrogen) atoms. The first kappa shape index (κ1) is 14.8. The van der Waals surface area contributed by atoms with E-state index in [0.717, 1.165) is 30.0 Å². The van der Waals surface area contributed by atoms with Crippen molar-refractivity contribution in [1.29, 1.82) is 0 Å². The summed E-state index contributed by atoms with van der Waals surface area (Å²) in [6, 6.07) is 11.1. The van der Waals surface area contributed by atoms with Gasteiger partial charge in [0.25, 0.3) is 0 Å². The predicted octanol–water partition coefficient (Wildman–Crippen LogP) is 2.18. The van der Waals surface area contributed by atoms with Crippen LogP contribution in [0.25, 0.3) is 0 Å². The first-order chi connectivity index (χ1) is 10.1. The standard InChI is InChI=1S/C16H20N4O/c1-2-8-20(11-12-4-3-5-14(17)9-12)15-10-13(16(18)21)6-7-19-15/h3-7,9-10H,2,8,11,17H2,1H3,(H2,18,21). The summed E-state index contributed by atoms with van der Waals surface area (Å²) in [5.41, 5.74) is 13.5. The number of hydrogen-bond acceptors (Lipinski definition) is 4. The maximum Gasteiger partial charge on any atom is 0.248 e. The van der Waals surface area contributed by atoms with Crippen molar-refractivity contribution in [3.05, 3.63) is 53.7 Å². The molecule has 5 nitrogen and oxygen atoms in total. The summed E-state index contributed by atoms with van der Waals surface area (Å²) in [5.74, 6) is 0.301. The van der Waals surface area contributed by atoms with E-state index in [1.807, 2.05) is 24.3 Å². The number of nitrogens with two attached hydrogens (primary N) is 2. The van der Waals surface area contributed by atoms with Crippen molar-refractivity contribution in [2.75, 3.05) is 17.2 Å². The molecule has 0 fully saturated rings. The Labute approximate surface area is 124 Å². The molecular weight excluding hydrogens is 264 g/mol. The monoisotopic (exact) mass is 284 g/mol. The number of carbonyl (C=O) groups excluding carboxylic acids is 1. The highest BCUT2D eigenvalue weighted by Gasteiger charge is 2.10. The predicted molar refractivity (Wildman–Crippen MR) is 85.0 cm³/mol. The smallest absolute Gasteiger partial charge is 0.248 e. The lowest BCUT2D eigenvalue weighted by Gasteiger charge is -2.23. The molecule has 1 aromatic heterocycles. The maximum absolute atomic E-state index is 11.3. The summed E-state index contributed by atoms with van der Waals surface area (Å²) >= 11 is 0.